The van der Waals surface area contributed by atoms with Crippen molar-refractivity contribution in [3.05, 3.63) is 137 Å². The predicted molar refractivity (Wildman–Crippen MR) is 191 cm³/mol. The lowest BCUT2D eigenvalue weighted by molar-refractivity contribution is -0.268. The van der Waals surface area contributed by atoms with Gasteiger partial charge < -0.3 is 19.9 Å². The molecule has 0 spiro atoms. The molecule has 260 valence electrons. The van der Waals surface area contributed by atoms with Gasteiger partial charge in [-0.15, -0.1) is 0 Å². The smallest absolute Gasteiger partial charge is 0.242 e. The van der Waals surface area contributed by atoms with E-state index >= 15 is 0 Å². The minimum absolute atomic E-state index is 0.00885. The summed E-state index contributed by atoms with van der Waals surface area (Å²) in [6, 6.07) is 29.5. The second-order valence-corrected chi connectivity index (χ2v) is 14.9. The topological polar surface area (TPSA) is 156 Å². The third-order valence-corrected chi connectivity index (χ3v) is 11.0. The number of aliphatic hydroxyl groups excluding tert-OH is 1. The summed E-state index contributed by atoms with van der Waals surface area (Å²) in [6.45, 7) is 3.92. The van der Waals surface area contributed by atoms with Crippen LogP contribution in [0.4, 0.5) is 5.69 Å². The second-order valence-electron chi connectivity index (χ2n) is 12.2. The van der Waals surface area contributed by atoms with Crippen molar-refractivity contribution in [3.63, 3.8) is 0 Å². The van der Waals surface area contributed by atoms with Gasteiger partial charge in [0.05, 0.1) is 23.7 Å². The summed E-state index contributed by atoms with van der Waals surface area (Å²) < 4.78 is 42.3. The van der Waals surface area contributed by atoms with Crippen LogP contribution in [-0.2, 0) is 37.3 Å². The van der Waals surface area contributed by atoms with Gasteiger partial charge in [-0.25, -0.2) is 13.4 Å². The standard InChI is InChI=1S/C37H39N5O6S2/c1-24-8-18-31(19-9-24)50(45,46)42-32(20-26-6-4-3-5-7-26)35(44)40-30-16-14-29(15-17-30)36-47-33(22-49-37-38-23-39-41-37)25(2)34(48-36)28-12-10-27(21-43)11-13-28/h3-19,23,25,32-34,36,42-43H,20-22H2,1-2H3,(H,40,44)(H,38,39,41)/t25-,32-,33+,34+,36+/m1/s1. The number of hydrogen-bond donors (Lipinski definition) is 4. The molecule has 4 N–H and O–H groups in total. The van der Waals surface area contributed by atoms with Gasteiger partial charge in [0.25, 0.3) is 0 Å². The number of aromatic nitrogens is 3. The van der Waals surface area contributed by atoms with Gasteiger partial charge in [-0.2, -0.15) is 9.82 Å². The normalized spacial score (nSPS) is 19.9. The molecular weight excluding hydrogens is 675 g/mol. The predicted octanol–water partition coefficient (Wildman–Crippen LogP) is 5.72. The Morgan fingerprint density at radius 2 is 1.62 bits per heavy atom. The van der Waals surface area contributed by atoms with Crippen molar-refractivity contribution in [1.29, 1.82) is 0 Å². The van der Waals surface area contributed by atoms with Crippen LogP contribution in [0.15, 0.2) is 120 Å². The summed E-state index contributed by atoms with van der Waals surface area (Å²) in [6.07, 6.45) is 0.429. The number of sulfonamides is 1. The van der Waals surface area contributed by atoms with Crippen molar-refractivity contribution in [2.24, 2.45) is 5.92 Å². The Kier molecular flexibility index (Phi) is 11.4. The largest absolute Gasteiger partial charge is 0.392 e. The number of hydrogen-bond acceptors (Lipinski definition) is 9. The molecule has 0 bridgehead atoms. The molecule has 1 aliphatic heterocycles. The lowest BCUT2D eigenvalue weighted by Gasteiger charge is -2.41. The molecule has 50 heavy (non-hydrogen) atoms. The molecule has 0 unspecified atom stereocenters. The SMILES string of the molecule is Cc1ccc(S(=O)(=O)N[C@H](Cc2ccccc2)C(=O)Nc2ccc([C@H]3O[C@@H](CSc4ncn[nH]4)[C@@H](C)[C@@H](c4ccc(CO)cc4)O3)cc2)cc1. The molecule has 1 aliphatic rings. The van der Waals surface area contributed by atoms with Crippen molar-refractivity contribution in [2.45, 2.75) is 61.5 Å². The van der Waals surface area contributed by atoms with Gasteiger partial charge in [-0.3, -0.25) is 9.89 Å². The molecule has 0 radical (unpaired) electrons. The van der Waals surface area contributed by atoms with Gasteiger partial charge >= 0.3 is 0 Å². The average molecular weight is 714 g/mol. The van der Waals surface area contributed by atoms with Crippen LogP contribution in [0.5, 0.6) is 0 Å². The molecule has 0 aliphatic carbocycles. The summed E-state index contributed by atoms with van der Waals surface area (Å²) in [5, 5.41) is 19.9. The molecule has 1 amide bonds. The number of carbonyl (C=O) groups is 1. The lowest BCUT2D eigenvalue weighted by atomic mass is 9.91. The molecule has 11 nitrogen and oxygen atoms in total. The van der Waals surface area contributed by atoms with Gasteiger partial charge in [-0.1, -0.05) is 103 Å². The Morgan fingerprint density at radius 3 is 2.28 bits per heavy atom. The molecule has 5 atom stereocenters. The average Bonchev–Trinajstić information content (AvgIpc) is 3.66. The van der Waals surface area contributed by atoms with Crippen molar-refractivity contribution in [3.8, 4) is 0 Å². The zero-order chi connectivity index (χ0) is 35.1. The fourth-order valence-electron chi connectivity index (χ4n) is 5.70. The van der Waals surface area contributed by atoms with E-state index in [1.54, 1.807) is 24.3 Å². The Morgan fingerprint density at radius 1 is 0.920 bits per heavy atom. The maximum Gasteiger partial charge on any atom is 0.242 e. The number of aryl methyl sites for hydroxylation is 1. The summed E-state index contributed by atoms with van der Waals surface area (Å²) in [4.78, 5) is 17.9. The third-order valence-electron chi connectivity index (χ3n) is 8.58. The molecule has 4 aromatic carbocycles. The number of amides is 1. The minimum atomic E-state index is -3.98. The lowest BCUT2D eigenvalue weighted by Crippen LogP contribution is -2.45. The van der Waals surface area contributed by atoms with E-state index in [0.717, 1.165) is 27.8 Å². The van der Waals surface area contributed by atoms with Crippen LogP contribution < -0.4 is 10.0 Å². The molecule has 2 heterocycles. The first kappa shape index (κ1) is 35.5. The van der Waals surface area contributed by atoms with Crippen molar-refractivity contribution < 1.29 is 27.8 Å². The number of ether oxygens (including phenoxy) is 2. The van der Waals surface area contributed by atoms with Crippen LogP contribution >= 0.6 is 11.8 Å². The number of thioether (sulfide) groups is 1. The summed E-state index contributed by atoms with van der Waals surface area (Å²) in [5.74, 6) is 0.106. The van der Waals surface area contributed by atoms with Crippen molar-refractivity contribution >= 4 is 33.4 Å². The fraction of sp³-hybridized carbons (Fsp3) is 0.270. The third kappa shape index (κ3) is 8.85. The highest BCUT2D eigenvalue weighted by Crippen LogP contribution is 2.43. The highest BCUT2D eigenvalue weighted by atomic mass is 32.2. The second kappa shape index (κ2) is 16.1. The van der Waals surface area contributed by atoms with E-state index in [4.69, 9.17) is 9.47 Å². The van der Waals surface area contributed by atoms with Gasteiger partial charge in [0.2, 0.25) is 15.9 Å². The van der Waals surface area contributed by atoms with E-state index in [1.807, 2.05) is 73.7 Å². The van der Waals surface area contributed by atoms with E-state index in [2.05, 4.69) is 32.1 Å². The quantitative estimate of drug-likeness (QED) is 0.112. The minimum Gasteiger partial charge on any atom is -0.392 e. The molecule has 0 saturated carbocycles. The highest BCUT2D eigenvalue weighted by Gasteiger charge is 2.38. The maximum absolute atomic E-state index is 13.6. The first-order valence-corrected chi connectivity index (χ1v) is 18.7. The Balaban J connectivity index is 1.19. The van der Waals surface area contributed by atoms with Crippen LogP contribution in [-0.4, -0.2) is 52.5 Å². The number of aromatic amines is 1. The summed E-state index contributed by atoms with van der Waals surface area (Å²) >= 11 is 1.51. The first-order chi connectivity index (χ1) is 24.2. The van der Waals surface area contributed by atoms with E-state index < -0.39 is 28.3 Å². The van der Waals surface area contributed by atoms with E-state index in [-0.39, 0.29) is 36.0 Å². The van der Waals surface area contributed by atoms with Crippen LogP contribution in [0.2, 0.25) is 0 Å². The van der Waals surface area contributed by atoms with Crippen LogP contribution in [0.1, 0.15) is 47.1 Å². The Hall–Kier alpha value is -4.37. The van der Waals surface area contributed by atoms with E-state index in [1.165, 1.54) is 30.2 Å². The number of nitrogens with one attached hydrogen (secondary N) is 3. The molecule has 5 aromatic rings. The van der Waals surface area contributed by atoms with Gasteiger partial charge in [0.15, 0.2) is 11.4 Å². The van der Waals surface area contributed by atoms with Gasteiger partial charge in [0.1, 0.15) is 12.4 Å². The fourth-order valence-corrected chi connectivity index (χ4v) is 7.84. The van der Waals surface area contributed by atoms with Crippen LogP contribution in [0, 0.1) is 12.8 Å². The Labute approximate surface area is 295 Å². The number of anilines is 1. The number of nitrogens with zero attached hydrogens (tertiary/aromatic N) is 2. The molecule has 1 aromatic heterocycles. The number of benzene rings is 4. The number of aliphatic hydroxyl groups is 1. The number of rotatable bonds is 13. The zero-order valence-electron chi connectivity index (χ0n) is 27.6. The number of H-pyrrole nitrogens is 1. The molecule has 13 heteroatoms. The summed E-state index contributed by atoms with van der Waals surface area (Å²) in [5.41, 5.74) is 4.77. The van der Waals surface area contributed by atoms with Crippen molar-refractivity contribution in [1.82, 2.24) is 19.9 Å². The number of carbonyl (C=O) groups excluding carboxylic acids is 1. The highest BCUT2D eigenvalue weighted by molar-refractivity contribution is 7.99. The monoisotopic (exact) mass is 713 g/mol. The molecule has 1 saturated heterocycles. The molecule has 6 rings (SSSR count). The van der Waals surface area contributed by atoms with Crippen LogP contribution in [0.25, 0.3) is 0 Å². The maximum atomic E-state index is 13.6. The van der Waals surface area contributed by atoms with E-state index in [0.29, 0.717) is 16.6 Å². The van der Waals surface area contributed by atoms with Gasteiger partial charge in [0, 0.05) is 22.9 Å². The molecule has 1 fully saturated rings. The van der Waals surface area contributed by atoms with Gasteiger partial charge in [-0.05, 0) is 54.3 Å². The Bertz CT molecular complexity index is 1940. The summed E-state index contributed by atoms with van der Waals surface area (Å²) in [7, 11) is -3.98. The van der Waals surface area contributed by atoms with Crippen molar-refractivity contribution in [2.75, 3.05) is 11.1 Å². The van der Waals surface area contributed by atoms with Crippen LogP contribution in [0.3, 0.4) is 0 Å². The first-order valence-electron chi connectivity index (χ1n) is 16.2. The molecular formula is C37H39N5O6S2. The zero-order valence-corrected chi connectivity index (χ0v) is 29.2. The van der Waals surface area contributed by atoms with E-state index in [9.17, 15) is 18.3 Å².